The molecule has 0 bridgehead atoms. The van der Waals surface area contributed by atoms with Gasteiger partial charge in [0, 0.05) is 58.1 Å². The molecule has 2 heterocycles. The van der Waals surface area contributed by atoms with Gasteiger partial charge in [-0.3, -0.25) is 9.69 Å². The maximum atomic E-state index is 12.2. The summed E-state index contributed by atoms with van der Waals surface area (Å²) < 4.78 is 4.97. The van der Waals surface area contributed by atoms with E-state index in [2.05, 4.69) is 56.5 Å². The van der Waals surface area contributed by atoms with Crippen molar-refractivity contribution in [2.24, 2.45) is 0 Å². The number of carbonyl (C=O) groups is 1. The number of methoxy groups -OCH3 is 1. The minimum Gasteiger partial charge on any atom is -0.383 e. The van der Waals surface area contributed by atoms with Crippen LogP contribution in [0, 0.1) is 0 Å². The lowest BCUT2D eigenvalue weighted by Gasteiger charge is -2.35. The molecule has 1 aromatic heterocycles. The highest BCUT2D eigenvalue weighted by molar-refractivity contribution is 5.94. The second kappa shape index (κ2) is 10.6. The van der Waals surface area contributed by atoms with Gasteiger partial charge in [-0.15, -0.1) is 0 Å². The van der Waals surface area contributed by atoms with Crippen molar-refractivity contribution in [2.75, 3.05) is 57.9 Å². The molecule has 1 N–H and O–H groups in total. The molecule has 28 heavy (non-hydrogen) atoms. The predicted octanol–water partition coefficient (Wildman–Crippen LogP) is 2.29. The monoisotopic (exact) mass is 380 g/mol. The van der Waals surface area contributed by atoms with Crippen LogP contribution in [0.15, 0.2) is 54.7 Å². The third-order valence-corrected chi connectivity index (χ3v) is 4.77. The number of ether oxygens (including phenoxy) is 1. The van der Waals surface area contributed by atoms with Crippen molar-refractivity contribution in [1.29, 1.82) is 0 Å². The Balaban J connectivity index is 1.48. The van der Waals surface area contributed by atoms with Gasteiger partial charge >= 0.3 is 0 Å². The number of nitrogens with zero attached hydrogens (tertiary/aromatic N) is 3. The van der Waals surface area contributed by atoms with Crippen molar-refractivity contribution in [3.63, 3.8) is 0 Å². The lowest BCUT2D eigenvalue weighted by atomic mass is 10.2. The molecule has 6 nitrogen and oxygen atoms in total. The van der Waals surface area contributed by atoms with Crippen LogP contribution in [0.25, 0.3) is 6.08 Å². The van der Waals surface area contributed by atoms with E-state index in [4.69, 9.17) is 4.74 Å². The van der Waals surface area contributed by atoms with E-state index in [-0.39, 0.29) is 5.91 Å². The van der Waals surface area contributed by atoms with Crippen LogP contribution in [0.2, 0.25) is 0 Å². The van der Waals surface area contributed by atoms with Crippen LogP contribution in [-0.4, -0.2) is 68.8 Å². The first kappa shape index (κ1) is 20.0. The third kappa shape index (κ3) is 5.90. The SMILES string of the molecule is COCCNC(=O)c1ccnc(N2CCN(C/C=C/c3ccccc3)CC2)c1. The van der Waals surface area contributed by atoms with Crippen LogP contribution < -0.4 is 10.2 Å². The zero-order valence-corrected chi connectivity index (χ0v) is 16.4. The molecule has 1 amide bonds. The summed E-state index contributed by atoms with van der Waals surface area (Å²) in [5.74, 6) is 0.768. The summed E-state index contributed by atoms with van der Waals surface area (Å²) in [6.07, 6.45) is 6.09. The lowest BCUT2D eigenvalue weighted by molar-refractivity contribution is 0.0937. The second-order valence-corrected chi connectivity index (χ2v) is 6.75. The molecule has 148 valence electrons. The van der Waals surface area contributed by atoms with Gasteiger partial charge < -0.3 is 15.0 Å². The number of amides is 1. The fraction of sp³-hybridized carbons (Fsp3) is 0.364. The fourth-order valence-electron chi connectivity index (χ4n) is 3.16. The predicted molar refractivity (Wildman–Crippen MR) is 113 cm³/mol. The number of hydrogen-bond acceptors (Lipinski definition) is 5. The number of piperazine rings is 1. The van der Waals surface area contributed by atoms with Gasteiger partial charge in [0.15, 0.2) is 0 Å². The Hall–Kier alpha value is -2.70. The molecule has 3 rings (SSSR count). The van der Waals surface area contributed by atoms with Gasteiger partial charge in [0.05, 0.1) is 6.61 Å². The second-order valence-electron chi connectivity index (χ2n) is 6.75. The molecule has 0 aliphatic carbocycles. The van der Waals surface area contributed by atoms with E-state index in [1.54, 1.807) is 19.4 Å². The minimum absolute atomic E-state index is 0.0922. The van der Waals surface area contributed by atoms with Crippen LogP contribution in [0.4, 0.5) is 5.82 Å². The largest absolute Gasteiger partial charge is 0.383 e. The summed E-state index contributed by atoms with van der Waals surface area (Å²) in [6.45, 7) is 5.71. The highest BCUT2D eigenvalue weighted by Gasteiger charge is 2.18. The van der Waals surface area contributed by atoms with Crippen LogP contribution in [0.5, 0.6) is 0 Å². The van der Waals surface area contributed by atoms with Crippen molar-refractivity contribution < 1.29 is 9.53 Å². The van der Waals surface area contributed by atoms with Gasteiger partial charge in [-0.25, -0.2) is 4.98 Å². The van der Waals surface area contributed by atoms with E-state index in [1.807, 2.05) is 12.1 Å². The normalized spacial score (nSPS) is 15.1. The number of rotatable bonds is 8. The zero-order chi connectivity index (χ0) is 19.6. The molecule has 1 aliphatic rings. The van der Waals surface area contributed by atoms with E-state index < -0.39 is 0 Å². The van der Waals surface area contributed by atoms with Gasteiger partial charge in [0.1, 0.15) is 5.82 Å². The molecular formula is C22H28N4O2. The summed E-state index contributed by atoms with van der Waals surface area (Å²) in [5, 5.41) is 2.85. The van der Waals surface area contributed by atoms with Gasteiger partial charge in [-0.1, -0.05) is 42.5 Å². The number of pyridine rings is 1. The first-order valence-corrected chi connectivity index (χ1v) is 9.68. The maximum Gasteiger partial charge on any atom is 0.251 e. The average Bonchev–Trinajstić information content (AvgIpc) is 2.75. The van der Waals surface area contributed by atoms with Crippen LogP contribution in [0.1, 0.15) is 15.9 Å². The van der Waals surface area contributed by atoms with E-state index in [9.17, 15) is 4.79 Å². The molecule has 1 aliphatic heterocycles. The molecule has 2 aromatic rings. The molecule has 1 aromatic carbocycles. The van der Waals surface area contributed by atoms with Gasteiger partial charge in [-0.2, -0.15) is 0 Å². The van der Waals surface area contributed by atoms with Crippen molar-refractivity contribution in [3.8, 4) is 0 Å². The number of carbonyl (C=O) groups excluding carboxylic acids is 1. The molecule has 6 heteroatoms. The third-order valence-electron chi connectivity index (χ3n) is 4.77. The van der Waals surface area contributed by atoms with E-state index in [1.165, 1.54) is 5.56 Å². The summed E-state index contributed by atoms with van der Waals surface area (Å²) in [4.78, 5) is 21.3. The molecule has 0 spiro atoms. The number of hydrogen-bond donors (Lipinski definition) is 1. The molecule has 1 saturated heterocycles. The topological polar surface area (TPSA) is 57.7 Å². The fourth-order valence-corrected chi connectivity index (χ4v) is 3.16. The van der Waals surface area contributed by atoms with Gasteiger partial charge in [0.25, 0.3) is 5.91 Å². The lowest BCUT2D eigenvalue weighted by Crippen LogP contribution is -2.46. The van der Waals surface area contributed by atoms with Gasteiger partial charge in [0.2, 0.25) is 0 Å². The Morgan fingerprint density at radius 1 is 1.18 bits per heavy atom. The first-order valence-electron chi connectivity index (χ1n) is 9.68. The average molecular weight is 380 g/mol. The zero-order valence-electron chi connectivity index (χ0n) is 16.4. The molecule has 0 atom stereocenters. The number of anilines is 1. The quantitative estimate of drug-likeness (QED) is 0.712. The summed E-state index contributed by atoms with van der Waals surface area (Å²) in [7, 11) is 1.62. The van der Waals surface area contributed by atoms with E-state index in [0.29, 0.717) is 18.7 Å². The minimum atomic E-state index is -0.0922. The number of benzene rings is 1. The molecule has 1 fully saturated rings. The van der Waals surface area contributed by atoms with Gasteiger partial charge in [-0.05, 0) is 17.7 Å². The summed E-state index contributed by atoms with van der Waals surface area (Å²) in [5.41, 5.74) is 1.86. The number of nitrogens with one attached hydrogen (secondary N) is 1. The van der Waals surface area contributed by atoms with Crippen molar-refractivity contribution in [3.05, 3.63) is 65.9 Å². The van der Waals surface area contributed by atoms with Crippen molar-refractivity contribution >= 4 is 17.8 Å². The highest BCUT2D eigenvalue weighted by atomic mass is 16.5. The summed E-state index contributed by atoms with van der Waals surface area (Å²) >= 11 is 0. The van der Waals surface area contributed by atoms with E-state index >= 15 is 0 Å². The van der Waals surface area contributed by atoms with Crippen LogP contribution >= 0.6 is 0 Å². The van der Waals surface area contributed by atoms with Crippen molar-refractivity contribution in [2.45, 2.75) is 0 Å². The smallest absolute Gasteiger partial charge is 0.251 e. The molecule has 0 saturated carbocycles. The van der Waals surface area contributed by atoms with E-state index in [0.717, 1.165) is 38.5 Å². The van der Waals surface area contributed by atoms with Crippen LogP contribution in [-0.2, 0) is 4.74 Å². The first-order chi connectivity index (χ1) is 13.8. The van der Waals surface area contributed by atoms with Crippen molar-refractivity contribution in [1.82, 2.24) is 15.2 Å². The Bertz CT molecular complexity index is 771. The number of aromatic nitrogens is 1. The van der Waals surface area contributed by atoms with Crippen LogP contribution in [0.3, 0.4) is 0 Å². The maximum absolute atomic E-state index is 12.2. The Morgan fingerprint density at radius 2 is 1.96 bits per heavy atom. The standard InChI is InChI=1S/C22H28N4O2/c1-28-17-11-24-22(27)20-9-10-23-21(18-20)26-15-13-25(14-16-26)12-5-8-19-6-3-2-4-7-19/h2-10,18H,11-17H2,1H3,(H,24,27)/b8-5+. The Labute approximate surface area is 166 Å². The summed E-state index contributed by atoms with van der Waals surface area (Å²) in [6, 6.07) is 14.0. The molecule has 0 unspecified atom stereocenters. The Kier molecular flexibility index (Phi) is 7.58. The highest BCUT2D eigenvalue weighted by Crippen LogP contribution is 2.15. The molecule has 0 radical (unpaired) electrons. The Morgan fingerprint density at radius 3 is 2.71 bits per heavy atom. The molecular weight excluding hydrogens is 352 g/mol.